The second kappa shape index (κ2) is 4.89. The predicted octanol–water partition coefficient (Wildman–Crippen LogP) is 2.85. The predicted molar refractivity (Wildman–Crippen MR) is 56.0 cm³/mol. The Bertz CT molecular complexity index is 437. The molecule has 94 valence electrons. The zero-order chi connectivity index (χ0) is 13.2. The van der Waals surface area contributed by atoms with Crippen LogP contribution in [0.1, 0.15) is 11.5 Å². The number of benzene rings is 1. The van der Waals surface area contributed by atoms with Crippen molar-refractivity contribution in [2.75, 3.05) is 6.54 Å². The summed E-state index contributed by atoms with van der Waals surface area (Å²) in [5.41, 5.74) is 4.21. The van der Waals surface area contributed by atoms with Gasteiger partial charge >= 0.3 is 6.18 Å². The number of hydrogen-bond acceptors (Lipinski definition) is 3. The van der Waals surface area contributed by atoms with E-state index in [-0.39, 0.29) is 10.6 Å². The maximum Gasteiger partial charge on any atom is 0.397 e. The van der Waals surface area contributed by atoms with Crippen LogP contribution in [-0.4, -0.2) is 17.6 Å². The first-order chi connectivity index (χ1) is 7.77. The first-order valence-corrected chi connectivity index (χ1v) is 4.85. The quantitative estimate of drug-likeness (QED) is 0.677. The summed E-state index contributed by atoms with van der Waals surface area (Å²) >= 11 is 5.60. The molecular weight excluding hydrogens is 261 g/mol. The van der Waals surface area contributed by atoms with Gasteiger partial charge in [0.2, 0.25) is 0 Å². The summed E-state index contributed by atoms with van der Waals surface area (Å²) in [6.45, 7) is -0.718. The molecule has 0 radical (unpaired) electrons. The number of nitro benzene ring substituents is 1. The fraction of sp³-hybridized carbons (Fsp3) is 0.333. The number of nitro groups is 1. The Morgan fingerprint density at radius 3 is 2.47 bits per heavy atom. The van der Waals surface area contributed by atoms with Gasteiger partial charge in [0.15, 0.2) is 0 Å². The van der Waals surface area contributed by atoms with Crippen LogP contribution in [0.5, 0.6) is 0 Å². The fourth-order valence-corrected chi connectivity index (χ4v) is 1.60. The van der Waals surface area contributed by atoms with Gasteiger partial charge in [0.25, 0.3) is 5.69 Å². The highest BCUT2D eigenvalue weighted by molar-refractivity contribution is 6.31. The molecule has 2 N–H and O–H groups in total. The second-order valence-corrected chi connectivity index (χ2v) is 3.70. The van der Waals surface area contributed by atoms with Crippen LogP contribution in [0.2, 0.25) is 5.02 Å². The molecule has 1 atom stereocenters. The van der Waals surface area contributed by atoms with Crippen molar-refractivity contribution in [1.82, 2.24) is 0 Å². The highest BCUT2D eigenvalue weighted by Crippen LogP contribution is 2.38. The average molecular weight is 269 g/mol. The molecule has 4 nitrogen and oxygen atoms in total. The lowest BCUT2D eigenvalue weighted by atomic mass is 9.98. The number of alkyl halides is 3. The van der Waals surface area contributed by atoms with E-state index in [9.17, 15) is 23.3 Å². The Kier molecular flexibility index (Phi) is 3.94. The van der Waals surface area contributed by atoms with Crippen LogP contribution in [0.25, 0.3) is 0 Å². The molecular formula is C9H8ClF3N2O2. The topological polar surface area (TPSA) is 69.2 Å². The molecule has 0 spiro atoms. The van der Waals surface area contributed by atoms with Gasteiger partial charge in [-0.3, -0.25) is 10.1 Å². The summed E-state index contributed by atoms with van der Waals surface area (Å²) < 4.78 is 37.8. The molecule has 0 saturated heterocycles. The van der Waals surface area contributed by atoms with Crippen LogP contribution in [0.3, 0.4) is 0 Å². The Morgan fingerprint density at radius 1 is 1.47 bits per heavy atom. The van der Waals surface area contributed by atoms with Gasteiger partial charge in [-0.2, -0.15) is 13.2 Å². The zero-order valence-corrected chi connectivity index (χ0v) is 9.13. The van der Waals surface area contributed by atoms with Crippen molar-refractivity contribution in [3.05, 3.63) is 38.9 Å². The lowest BCUT2D eigenvalue weighted by Gasteiger charge is -2.19. The van der Waals surface area contributed by atoms with E-state index < -0.39 is 29.2 Å². The zero-order valence-electron chi connectivity index (χ0n) is 8.37. The number of halogens is 4. The van der Waals surface area contributed by atoms with Gasteiger partial charge in [0.05, 0.1) is 10.8 Å². The highest BCUT2D eigenvalue weighted by Gasteiger charge is 2.41. The lowest BCUT2D eigenvalue weighted by molar-refractivity contribution is -0.385. The van der Waals surface area contributed by atoms with Crippen molar-refractivity contribution >= 4 is 17.3 Å². The molecule has 0 fully saturated rings. The largest absolute Gasteiger partial charge is 0.397 e. The Labute approximate surface area is 99.3 Å². The maximum atomic E-state index is 12.6. The van der Waals surface area contributed by atoms with Crippen LogP contribution < -0.4 is 5.73 Å². The summed E-state index contributed by atoms with van der Waals surface area (Å²) in [7, 11) is 0. The number of hydrogen-bond donors (Lipinski definition) is 1. The normalized spacial score (nSPS) is 13.5. The van der Waals surface area contributed by atoms with Crippen molar-refractivity contribution < 1.29 is 18.1 Å². The highest BCUT2D eigenvalue weighted by atomic mass is 35.5. The molecule has 1 aromatic rings. The van der Waals surface area contributed by atoms with Crippen molar-refractivity contribution in [3.8, 4) is 0 Å². The van der Waals surface area contributed by atoms with E-state index in [1.54, 1.807) is 0 Å². The van der Waals surface area contributed by atoms with Gasteiger partial charge in [-0.15, -0.1) is 0 Å². The minimum Gasteiger partial charge on any atom is -0.330 e. The van der Waals surface area contributed by atoms with Crippen LogP contribution in [0.4, 0.5) is 18.9 Å². The van der Waals surface area contributed by atoms with E-state index in [1.807, 2.05) is 0 Å². The van der Waals surface area contributed by atoms with E-state index in [1.165, 1.54) is 0 Å². The number of non-ortho nitro benzene ring substituents is 1. The molecule has 8 heteroatoms. The molecule has 0 saturated carbocycles. The molecule has 0 bridgehead atoms. The van der Waals surface area contributed by atoms with Crippen LogP contribution in [0.15, 0.2) is 18.2 Å². The van der Waals surface area contributed by atoms with Crippen LogP contribution in [0, 0.1) is 10.1 Å². The average Bonchev–Trinajstić information content (AvgIpc) is 2.19. The number of nitrogens with zero attached hydrogens (tertiary/aromatic N) is 1. The van der Waals surface area contributed by atoms with Crippen molar-refractivity contribution in [1.29, 1.82) is 0 Å². The Morgan fingerprint density at radius 2 is 2.06 bits per heavy atom. The van der Waals surface area contributed by atoms with Crippen LogP contribution >= 0.6 is 11.6 Å². The van der Waals surface area contributed by atoms with Gasteiger partial charge in [-0.05, 0) is 11.6 Å². The smallest absolute Gasteiger partial charge is 0.330 e. The van der Waals surface area contributed by atoms with Gasteiger partial charge in [0.1, 0.15) is 0 Å². The van der Waals surface area contributed by atoms with E-state index in [2.05, 4.69) is 0 Å². The Balaban J connectivity index is 3.28. The third-order valence-corrected chi connectivity index (χ3v) is 2.54. The van der Waals surface area contributed by atoms with Crippen molar-refractivity contribution in [2.24, 2.45) is 5.73 Å². The summed E-state index contributed by atoms with van der Waals surface area (Å²) in [6, 6.07) is 2.90. The van der Waals surface area contributed by atoms with Gasteiger partial charge < -0.3 is 5.73 Å². The van der Waals surface area contributed by atoms with E-state index >= 15 is 0 Å². The fourth-order valence-electron chi connectivity index (χ4n) is 1.35. The molecule has 0 aliphatic heterocycles. The molecule has 0 aromatic heterocycles. The molecule has 1 aromatic carbocycles. The first-order valence-electron chi connectivity index (χ1n) is 4.48. The van der Waals surface area contributed by atoms with Crippen molar-refractivity contribution in [3.63, 3.8) is 0 Å². The maximum absolute atomic E-state index is 12.6. The van der Waals surface area contributed by atoms with E-state index in [4.69, 9.17) is 17.3 Å². The molecule has 0 amide bonds. The summed E-state index contributed by atoms with van der Waals surface area (Å²) in [5.74, 6) is -2.00. The standard InChI is InChI=1S/C9H8ClF3N2O2/c10-8-2-1-5(15(16)17)3-6(8)7(4-14)9(11,12)13/h1-3,7H,4,14H2. The van der Waals surface area contributed by atoms with Crippen molar-refractivity contribution in [2.45, 2.75) is 12.1 Å². The van der Waals surface area contributed by atoms with Gasteiger partial charge in [-0.25, -0.2) is 0 Å². The third-order valence-electron chi connectivity index (χ3n) is 2.20. The molecule has 1 rings (SSSR count). The van der Waals surface area contributed by atoms with E-state index in [0.29, 0.717) is 0 Å². The minimum atomic E-state index is -4.59. The number of rotatable bonds is 3. The third kappa shape index (κ3) is 3.07. The van der Waals surface area contributed by atoms with Gasteiger partial charge in [-0.1, -0.05) is 11.6 Å². The minimum absolute atomic E-state index is 0.191. The molecule has 0 heterocycles. The van der Waals surface area contributed by atoms with Crippen LogP contribution in [-0.2, 0) is 0 Å². The molecule has 0 aliphatic carbocycles. The SMILES string of the molecule is NCC(c1cc([N+](=O)[O-])ccc1Cl)C(F)(F)F. The first kappa shape index (κ1) is 13.7. The number of nitrogens with two attached hydrogens (primary N) is 1. The summed E-state index contributed by atoms with van der Waals surface area (Å²) in [4.78, 5) is 9.69. The molecule has 1 unspecified atom stereocenters. The Hall–Kier alpha value is -1.34. The summed E-state index contributed by atoms with van der Waals surface area (Å²) in [6.07, 6.45) is -4.59. The molecule has 17 heavy (non-hydrogen) atoms. The monoisotopic (exact) mass is 268 g/mol. The molecule has 0 aliphatic rings. The van der Waals surface area contributed by atoms with E-state index in [0.717, 1.165) is 18.2 Å². The lowest BCUT2D eigenvalue weighted by Crippen LogP contribution is -2.28. The van der Waals surface area contributed by atoms with Gasteiger partial charge in [0, 0.05) is 23.7 Å². The second-order valence-electron chi connectivity index (χ2n) is 3.29. The summed E-state index contributed by atoms with van der Waals surface area (Å²) in [5, 5.41) is 10.3.